The summed E-state index contributed by atoms with van der Waals surface area (Å²) in [6.07, 6.45) is -20.6. The van der Waals surface area contributed by atoms with Crippen LogP contribution in [0.3, 0.4) is 0 Å². The lowest BCUT2D eigenvalue weighted by Crippen LogP contribution is -2.68. The van der Waals surface area contributed by atoms with Gasteiger partial charge in [-0.15, -0.1) is 11.8 Å². The van der Waals surface area contributed by atoms with Gasteiger partial charge in [-0.1, -0.05) is 303 Å². The van der Waals surface area contributed by atoms with Crippen molar-refractivity contribution in [2.24, 2.45) is 0 Å². The average molecular weight is 1720 g/mol. The minimum Gasteiger partial charge on any atom is -0.457 e. The number of carbonyl (C=O) groups excluding carboxylic acids is 1. The summed E-state index contributed by atoms with van der Waals surface area (Å²) in [4.78, 5) is 13.2. The van der Waals surface area contributed by atoms with Crippen molar-refractivity contribution in [3.63, 3.8) is 0 Å². The lowest BCUT2D eigenvalue weighted by Gasteiger charge is -2.52. The van der Waals surface area contributed by atoms with Gasteiger partial charge < -0.3 is 94.7 Å². The summed E-state index contributed by atoms with van der Waals surface area (Å²) in [6.45, 7) is 12.6. The van der Waals surface area contributed by atoms with Crippen molar-refractivity contribution in [3.05, 3.63) is 359 Å². The van der Waals surface area contributed by atoms with Gasteiger partial charge in [0.2, 0.25) is 0 Å². The summed E-state index contributed by atoms with van der Waals surface area (Å²) >= 11 is 1.56. The van der Waals surface area contributed by atoms with Crippen molar-refractivity contribution in [3.8, 4) is 0 Å². The number of thioether (sulfide) groups is 1. The number of ether oxygens (including phenoxy) is 20. The molecule has 0 radical (unpaired) electrons. The molecule has 5 heterocycles. The van der Waals surface area contributed by atoms with Gasteiger partial charge in [0.15, 0.2) is 31.3 Å². The predicted octanol–water partition coefficient (Wildman–Crippen LogP) is 17.4. The molecule has 0 unspecified atom stereocenters. The highest BCUT2D eigenvalue weighted by Crippen LogP contribution is 2.43. The molecule has 0 N–H and O–H groups in total. The third kappa shape index (κ3) is 25.0. The molecule has 5 aliphatic heterocycles. The van der Waals surface area contributed by atoms with Crippen LogP contribution in [0, 0.1) is 0 Å². The molecular weight excluding hydrogens is 1610 g/mol. The molecule has 5 fully saturated rings. The maximum atomic E-state index is 13.2. The molecule has 0 amide bonds. The Morgan fingerprint density at radius 1 is 0.224 bits per heavy atom. The van der Waals surface area contributed by atoms with E-state index in [4.69, 9.17) is 94.7 Å². The molecule has 22 heteroatoms. The summed E-state index contributed by atoms with van der Waals surface area (Å²) < 4.78 is 145. The number of hydrogen-bond acceptors (Lipinski definition) is 22. The number of carbonyl (C=O) groups is 1. The van der Waals surface area contributed by atoms with Gasteiger partial charge in [-0.05, 0) is 96.5 Å². The number of esters is 1. The van der Waals surface area contributed by atoms with Crippen LogP contribution in [0.2, 0.25) is 0 Å². The zero-order valence-electron chi connectivity index (χ0n) is 71.9. The van der Waals surface area contributed by atoms with Crippen molar-refractivity contribution in [1.82, 2.24) is 0 Å². The van der Waals surface area contributed by atoms with Crippen LogP contribution in [0.5, 0.6) is 0 Å². The summed E-state index contributed by atoms with van der Waals surface area (Å²) in [7, 11) is 0. The standard InChI is InChI=1S/C103H116O21S/c1-68-84(120-73(6)104)89(105-58-74-38-18-8-19-39-74)94(110-63-79-48-28-13-29-49-79)99(115-68)121-85-69(2)116-100(95(111-64-80-50-30-14-31-51-80)90(85)106-59-75-40-20-9-21-41-75)122-86-70(3)117-101(96(112-65-81-52-32-15-33-53-81)91(86)107-60-76-42-22-10-23-43-76)123-87-71(4)118-102(97(113-66-82-54-34-16-35-55-82)92(87)108-61-77-44-24-11-25-45-77)124-88-72(5)119-103(125-7)98(114-67-83-56-36-17-37-57-83)93(88)109-62-78-46-26-12-27-47-78/h8-57,68-72,84-103H,58-67H2,1-7H3/t68-,69-,70-,71-,72-,84-,85-,86-,87-,88-,89+,90+,91+,92+,93+,94+,95+,96+,97+,98+,99-,100-,101-,102-,103-/m0/s1. The lowest BCUT2D eigenvalue weighted by molar-refractivity contribution is -0.398. The van der Waals surface area contributed by atoms with Crippen LogP contribution in [0.4, 0.5) is 0 Å². The first-order valence-electron chi connectivity index (χ1n) is 43.5. The molecule has 0 aromatic heterocycles. The predicted molar refractivity (Wildman–Crippen MR) is 470 cm³/mol. The Kier molecular flexibility index (Phi) is 33.7. The monoisotopic (exact) mass is 1720 g/mol. The third-order valence-electron chi connectivity index (χ3n) is 23.2. The first-order chi connectivity index (χ1) is 61.3. The molecule has 660 valence electrons. The van der Waals surface area contributed by atoms with Crippen molar-refractivity contribution < 1.29 is 99.5 Å². The average Bonchev–Trinajstić information content (AvgIpc) is 0.762. The van der Waals surface area contributed by atoms with Crippen LogP contribution < -0.4 is 0 Å². The Morgan fingerprint density at radius 3 is 0.576 bits per heavy atom. The summed E-state index contributed by atoms with van der Waals surface area (Å²) in [5.41, 5.74) is 8.68. The second-order valence-corrected chi connectivity index (χ2v) is 33.3. The van der Waals surface area contributed by atoms with Gasteiger partial charge in [-0.2, -0.15) is 0 Å². The second-order valence-electron chi connectivity index (χ2n) is 32.4. The molecule has 5 aliphatic rings. The fourth-order valence-electron chi connectivity index (χ4n) is 16.7. The minimum atomic E-state index is -1.24. The molecule has 15 rings (SSSR count). The Bertz CT molecular complexity index is 4730. The van der Waals surface area contributed by atoms with E-state index in [1.807, 2.05) is 344 Å². The van der Waals surface area contributed by atoms with E-state index < -0.39 is 159 Å². The third-order valence-corrected chi connectivity index (χ3v) is 24.0. The highest BCUT2D eigenvalue weighted by Gasteiger charge is 2.59. The molecule has 0 saturated carbocycles. The van der Waals surface area contributed by atoms with Crippen LogP contribution in [-0.2, 0) is 166 Å². The number of benzene rings is 10. The number of rotatable bonds is 40. The van der Waals surface area contributed by atoms with Crippen LogP contribution in [-0.4, -0.2) is 165 Å². The topological polar surface area (TPSA) is 202 Å². The summed E-state index contributed by atoms with van der Waals surface area (Å²) in [5.74, 6) is -0.509. The van der Waals surface area contributed by atoms with E-state index in [1.165, 1.54) is 6.92 Å². The molecule has 0 spiro atoms. The Balaban J connectivity index is 0.791. The van der Waals surface area contributed by atoms with E-state index in [0.29, 0.717) is 6.61 Å². The quantitative estimate of drug-likeness (QED) is 0.0328. The number of hydrogen-bond donors (Lipinski definition) is 0. The smallest absolute Gasteiger partial charge is 0.303 e. The van der Waals surface area contributed by atoms with Crippen molar-refractivity contribution >= 4 is 17.7 Å². The molecule has 10 aromatic carbocycles. The minimum absolute atomic E-state index is 0.0961. The molecular formula is C103H116O21S. The van der Waals surface area contributed by atoms with Crippen LogP contribution in [0.15, 0.2) is 303 Å². The van der Waals surface area contributed by atoms with Crippen LogP contribution >= 0.6 is 11.8 Å². The first-order valence-corrected chi connectivity index (χ1v) is 44.8. The maximum absolute atomic E-state index is 13.2. The van der Waals surface area contributed by atoms with Gasteiger partial charge in [-0.25, -0.2) is 0 Å². The first kappa shape index (κ1) is 91.0. The fraction of sp³-hybridized carbons (Fsp3) is 0.408. The zero-order valence-corrected chi connectivity index (χ0v) is 72.7. The van der Waals surface area contributed by atoms with E-state index in [1.54, 1.807) is 11.8 Å². The second kappa shape index (κ2) is 46.3. The Labute approximate surface area is 738 Å². The van der Waals surface area contributed by atoms with Gasteiger partial charge in [0, 0.05) is 6.92 Å². The van der Waals surface area contributed by atoms with E-state index >= 15 is 0 Å². The van der Waals surface area contributed by atoms with Gasteiger partial charge in [0.05, 0.1) is 96.6 Å². The molecule has 0 bridgehead atoms. The Hall–Kier alpha value is -8.74. The largest absolute Gasteiger partial charge is 0.457 e. The summed E-state index contributed by atoms with van der Waals surface area (Å²) in [6, 6.07) is 99.5. The van der Waals surface area contributed by atoms with Gasteiger partial charge >= 0.3 is 5.97 Å². The van der Waals surface area contributed by atoms with Crippen molar-refractivity contribution in [1.29, 1.82) is 0 Å². The van der Waals surface area contributed by atoms with Crippen LogP contribution in [0.1, 0.15) is 97.2 Å². The zero-order chi connectivity index (χ0) is 86.1. The summed E-state index contributed by atoms with van der Waals surface area (Å²) in [5, 5.41) is 0. The van der Waals surface area contributed by atoms with Gasteiger partial charge in [0.1, 0.15) is 90.9 Å². The molecule has 10 aromatic rings. The van der Waals surface area contributed by atoms with E-state index in [2.05, 4.69) is 0 Å². The highest BCUT2D eigenvalue weighted by atomic mass is 32.2. The molecule has 0 aliphatic carbocycles. The highest BCUT2D eigenvalue weighted by molar-refractivity contribution is 7.99. The van der Waals surface area contributed by atoms with Crippen molar-refractivity contribution in [2.75, 3.05) is 6.26 Å². The van der Waals surface area contributed by atoms with E-state index in [9.17, 15) is 4.79 Å². The van der Waals surface area contributed by atoms with Gasteiger partial charge in [0.25, 0.3) is 0 Å². The molecule has 25 atom stereocenters. The van der Waals surface area contributed by atoms with E-state index in [-0.39, 0.29) is 59.5 Å². The maximum Gasteiger partial charge on any atom is 0.303 e. The SMILES string of the molecule is CS[C@@H]1O[C@@H](C)[C@H](O[C@@H]2O[C@@H](C)[C@H](O[C@@H]3O[C@@H](C)[C@H](O[C@@H]4O[C@@H](C)[C@H](O[C@@H]5O[C@@H](C)[C@H](OC(C)=O)[C@@H](OCc6ccccc6)[C@H]5OCc5ccccc5)[C@@H](OCc5ccccc5)[C@H]4OCc4ccccc4)[C@@H](OCc4ccccc4)[C@H]3OCc3ccccc3)[C@@H](OCc3ccccc3)[C@H]2OCc2ccccc2)[C@@H](OCc2ccccc2)[C@H]1OCc1ccccc1. The normalized spacial score (nSPS) is 30.0. The van der Waals surface area contributed by atoms with E-state index in [0.717, 1.165) is 55.6 Å². The molecule has 125 heavy (non-hydrogen) atoms. The Morgan fingerprint density at radius 2 is 0.384 bits per heavy atom. The van der Waals surface area contributed by atoms with Crippen LogP contribution in [0.25, 0.3) is 0 Å². The van der Waals surface area contributed by atoms with Crippen molar-refractivity contribution in [2.45, 2.75) is 260 Å². The molecule has 5 saturated heterocycles. The van der Waals surface area contributed by atoms with Gasteiger partial charge in [-0.3, -0.25) is 4.79 Å². The fourth-order valence-corrected chi connectivity index (χ4v) is 17.5. The lowest BCUT2D eigenvalue weighted by atomic mass is 9.95. The molecule has 21 nitrogen and oxygen atoms in total.